The van der Waals surface area contributed by atoms with Gasteiger partial charge in [-0.1, -0.05) is 12.1 Å². The van der Waals surface area contributed by atoms with E-state index in [-0.39, 0.29) is 18.0 Å². The Morgan fingerprint density at radius 1 is 1.41 bits per heavy atom. The van der Waals surface area contributed by atoms with E-state index in [1.54, 1.807) is 12.1 Å². The highest BCUT2D eigenvalue weighted by atomic mass is 19.1. The van der Waals surface area contributed by atoms with Gasteiger partial charge in [-0.2, -0.15) is 0 Å². The van der Waals surface area contributed by atoms with Gasteiger partial charge in [0.05, 0.1) is 12.7 Å². The minimum absolute atomic E-state index is 0.0862. The Kier molecular flexibility index (Phi) is 3.76. The summed E-state index contributed by atoms with van der Waals surface area (Å²) in [6, 6.07) is 5.96. The zero-order chi connectivity index (χ0) is 12.3. The second-order valence-electron chi connectivity index (χ2n) is 4.74. The summed E-state index contributed by atoms with van der Waals surface area (Å²) in [5.74, 6) is -0.345. The van der Waals surface area contributed by atoms with Crippen LogP contribution in [0.5, 0.6) is 0 Å². The Hall–Kier alpha value is -0.970. The highest BCUT2D eigenvalue weighted by Gasteiger charge is 2.36. The quantitative estimate of drug-likeness (QED) is 0.727. The smallest absolute Gasteiger partial charge is 0.123 e. The molecule has 1 aromatic carbocycles. The fourth-order valence-corrected chi connectivity index (χ4v) is 2.14. The summed E-state index contributed by atoms with van der Waals surface area (Å²) in [5.41, 5.74) is 0.332. The van der Waals surface area contributed by atoms with Gasteiger partial charge < -0.3 is 15.5 Å². The molecule has 0 aliphatic heterocycles. The molecular weight excluding hydrogens is 221 g/mol. The fraction of sp³-hybridized carbons (Fsp3) is 0.538. The molecular formula is C13H18FNO2. The Morgan fingerprint density at radius 3 is 2.71 bits per heavy atom. The summed E-state index contributed by atoms with van der Waals surface area (Å²) in [7, 11) is 0. The van der Waals surface area contributed by atoms with Crippen LogP contribution in [-0.2, 0) is 0 Å². The maximum Gasteiger partial charge on any atom is 0.123 e. The van der Waals surface area contributed by atoms with Crippen molar-refractivity contribution >= 4 is 0 Å². The lowest BCUT2D eigenvalue weighted by Gasteiger charge is -2.41. The van der Waals surface area contributed by atoms with E-state index in [4.69, 9.17) is 0 Å². The van der Waals surface area contributed by atoms with Crippen LogP contribution in [0.25, 0.3) is 0 Å². The molecule has 17 heavy (non-hydrogen) atoms. The lowest BCUT2D eigenvalue weighted by Crippen LogP contribution is -2.54. The summed E-state index contributed by atoms with van der Waals surface area (Å²) in [6.07, 6.45) is 2.22. The summed E-state index contributed by atoms with van der Waals surface area (Å²) in [4.78, 5) is 0. The standard InChI is InChI=1S/C13H18FNO2/c14-11-4-1-3-10(7-11)12(17)8-15-13(9-16)5-2-6-13/h1,3-4,7,12,15-17H,2,5-6,8-9H2. The Balaban J connectivity index is 1.91. The van der Waals surface area contributed by atoms with Gasteiger partial charge in [0, 0.05) is 12.1 Å². The van der Waals surface area contributed by atoms with Crippen LogP contribution in [0.3, 0.4) is 0 Å². The number of benzene rings is 1. The first-order valence-electron chi connectivity index (χ1n) is 5.95. The number of rotatable bonds is 5. The SMILES string of the molecule is OCC1(NCC(O)c2cccc(F)c2)CCC1. The van der Waals surface area contributed by atoms with Crippen LogP contribution >= 0.6 is 0 Å². The number of aliphatic hydroxyl groups is 2. The molecule has 94 valence electrons. The summed E-state index contributed by atoms with van der Waals surface area (Å²) in [5, 5.41) is 22.4. The van der Waals surface area contributed by atoms with E-state index in [0.717, 1.165) is 19.3 Å². The third kappa shape index (κ3) is 2.83. The number of hydrogen-bond donors (Lipinski definition) is 3. The predicted octanol–water partition coefficient (Wildman–Crippen LogP) is 1.36. The molecule has 1 fully saturated rings. The van der Waals surface area contributed by atoms with E-state index < -0.39 is 6.10 Å². The van der Waals surface area contributed by atoms with Crippen LogP contribution in [-0.4, -0.2) is 28.9 Å². The van der Waals surface area contributed by atoms with Crippen molar-refractivity contribution in [2.75, 3.05) is 13.2 Å². The van der Waals surface area contributed by atoms with Crippen LogP contribution < -0.4 is 5.32 Å². The Morgan fingerprint density at radius 2 is 2.18 bits per heavy atom. The topological polar surface area (TPSA) is 52.5 Å². The molecule has 0 spiro atoms. The lowest BCUT2D eigenvalue weighted by atomic mass is 9.77. The second-order valence-corrected chi connectivity index (χ2v) is 4.74. The molecule has 0 amide bonds. The molecule has 0 heterocycles. The van der Waals surface area contributed by atoms with Crippen molar-refractivity contribution in [1.29, 1.82) is 0 Å². The highest BCUT2D eigenvalue weighted by molar-refractivity contribution is 5.19. The van der Waals surface area contributed by atoms with Crippen molar-refractivity contribution in [3.05, 3.63) is 35.6 Å². The van der Waals surface area contributed by atoms with E-state index in [1.807, 2.05) is 0 Å². The fourth-order valence-electron chi connectivity index (χ4n) is 2.14. The van der Waals surface area contributed by atoms with Gasteiger partial charge in [-0.15, -0.1) is 0 Å². The molecule has 3 nitrogen and oxygen atoms in total. The highest BCUT2D eigenvalue weighted by Crippen LogP contribution is 2.31. The maximum absolute atomic E-state index is 13.0. The molecule has 1 aliphatic rings. The van der Waals surface area contributed by atoms with E-state index >= 15 is 0 Å². The average molecular weight is 239 g/mol. The molecule has 0 aromatic heterocycles. The normalized spacial score (nSPS) is 19.7. The maximum atomic E-state index is 13.0. The Bertz CT molecular complexity index is 374. The number of halogens is 1. The summed E-state index contributed by atoms with van der Waals surface area (Å²) in [6.45, 7) is 0.423. The third-order valence-corrected chi connectivity index (χ3v) is 3.52. The second kappa shape index (κ2) is 5.12. The molecule has 1 atom stereocenters. The lowest BCUT2D eigenvalue weighted by molar-refractivity contribution is 0.0686. The third-order valence-electron chi connectivity index (χ3n) is 3.52. The molecule has 1 saturated carbocycles. The van der Waals surface area contributed by atoms with E-state index in [0.29, 0.717) is 12.1 Å². The monoisotopic (exact) mass is 239 g/mol. The van der Waals surface area contributed by atoms with Gasteiger partial charge in [-0.3, -0.25) is 0 Å². The first-order chi connectivity index (χ1) is 8.15. The first-order valence-corrected chi connectivity index (χ1v) is 5.95. The van der Waals surface area contributed by atoms with Crippen molar-refractivity contribution in [1.82, 2.24) is 5.32 Å². The molecule has 2 rings (SSSR count). The zero-order valence-corrected chi connectivity index (χ0v) is 9.69. The number of hydrogen-bond acceptors (Lipinski definition) is 3. The summed E-state index contributed by atoms with van der Waals surface area (Å²) >= 11 is 0. The van der Waals surface area contributed by atoms with Crippen LogP contribution in [0.2, 0.25) is 0 Å². The molecule has 1 unspecified atom stereocenters. The van der Waals surface area contributed by atoms with Crippen LogP contribution in [0.1, 0.15) is 30.9 Å². The molecule has 1 aromatic rings. The average Bonchev–Trinajstić information content (AvgIpc) is 2.28. The van der Waals surface area contributed by atoms with E-state index in [9.17, 15) is 14.6 Å². The molecule has 0 bridgehead atoms. The summed E-state index contributed by atoms with van der Waals surface area (Å²) < 4.78 is 13.0. The minimum Gasteiger partial charge on any atom is -0.394 e. The van der Waals surface area contributed by atoms with Gasteiger partial charge in [0.25, 0.3) is 0 Å². The molecule has 0 saturated heterocycles. The molecule has 0 radical (unpaired) electrons. The van der Waals surface area contributed by atoms with Crippen molar-refractivity contribution in [2.45, 2.75) is 30.9 Å². The number of aliphatic hydroxyl groups excluding tert-OH is 2. The minimum atomic E-state index is -0.741. The predicted molar refractivity (Wildman–Crippen MR) is 63.0 cm³/mol. The molecule has 1 aliphatic carbocycles. The van der Waals surface area contributed by atoms with Crippen LogP contribution in [0, 0.1) is 5.82 Å². The van der Waals surface area contributed by atoms with Crippen LogP contribution in [0.15, 0.2) is 24.3 Å². The van der Waals surface area contributed by atoms with Crippen LogP contribution in [0.4, 0.5) is 4.39 Å². The number of β-amino-alcohol motifs (C(OH)–C–C–N with tert-alkyl or cyclic N) is 1. The molecule has 3 N–H and O–H groups in total. The van der Waals surface area contributed by atoms with Crippen molar-refractivity contribution in [2.24, 2.45) is 0 Å². The van der Waals surface area contributed by atoms with Gasteiger partial charge >= 0.3 is 0 Å². The van der Waals surface area contributed by atoms with Crippen molar-refractivity contribution < 1.29 is 14.6 Å². The first kappa shape index (κ1) is 12.5. The van der Waals surface area contributed by atoms with E-state index in [1.165, 1.54) is 12.1 Å². The molecule has 4 heteroatoms. The van der Waals surface area contributed by atoms with Gasteiger partial charge in [-0.05, 0) is 37.0 Å². The zero-order valence-electron chi connectivity index (χ0n) is 9.69. The van der Waals surface area contributed by atoms with Gasteiger partial charge in [0.2, 0.25) is 0 Å². The van der Waals surface area contributed by atoms with Crippen molar-refractivity contribution in [3.63, 3.8) is 0 Å². The van der Waals surface area contributed by atoms with Crippen molar-refractivity contribution in [3.8, 4) is 0 Å². The Labute approximate surface area is 100 Å². The van der Waals surface area contributed by atoms with E-state index in [2.05, 4.69) is 5.32 Å². The van der Waals surface area contributed by atoms with Gasteiger partial charge in [0.1, 0.15) is 5.82 Å². The number of nitrogens with one attached hydrogen (secondary N) is 1. The van der Waals surface area contributed by atoms with Gasteiger partial charge in [0.15, 0.2) is 0 Å². The van der Waals surface area contributed by atoms with Gasteiger partial charge in [-0.25, -0.2) is 4.39 Å². The largest absolute Gasteiger partial charge is 0.394 e.